The van der Waals surface area contributed by atoms with E-state index in [0.29, 0.717) is 12.0 Å². The number of hydrogen-bond donors (Lipinski definition) is 1. The Hall–Kier alpha value is -0.120. The summed E-state index contributed by atoms with van der Waals surface area (Å²) in [5, 5.41) is 0. The molecule has 1 aliphatic heterocycles. The molecule has 3 heteroatoms. The van der Waals surface area contributed by atoms with E-state index in [1.807, 2.05) is 0 Å². The second-order valence-electron chi connectivity index (χ2n) is 7.85. The first kappa shape index (κ1) is 17.2. The lowest BCUT2D eigenvalue weighted by atomic mass is 9.73. The van der Waals surface area contributed by atoms with Crippen molar-refractivity contribution in [3.05, 3.63) is 0 Å². The van der Waals surface area contributed by atoms with E-state index >= 15 is 0 Å². The van der Waals surface area contributed by atoms with Gasteiger partial charge < -0.3 is 15.5 Å². The SMILES string of the molecule is CCN1CCC(N(C)CC2CC(C(C)C)CCC2N)CC1. The highest BCUT2D eigenvalue weighted by molar-refractivity contribution is 4.87. The molecule has 1 aliphatic carbocycles. The van der Waals surface area contributed by atoms with Crippen LogP contribution in [0.4, 0.5) is 0 Å². The van der Waals surface area contributed by atoms with Crippen LogP contribution in [0.1, 0.15) is 52.9 Å². The van der Waals surface area contributed by atoms with Crippen LogP contribution in [0.3, 0.4) is 0 Å². The maximum atomic E-state index is 6.43. The summed E-state index contributed by atoms with van der Waals surface area (Å²) >= 11 is 0. The fourth-order valence-corrected chi connectivity index (χ4v) is 4.33. The molecule has 3 nitrogen and oxygen atoms in total. The lowest BCUT2D eigenvalue weighted by Gasteiger charge is -2.41. The summed E-state index contributed by atoms with van der Waals surface area (Å²) in [4.78, 5) is 5.20. The van der Waals surface area contributed by atoms with E-state index in [-0.39, 0.29) is 0 Å². The molecule has 21 heavy (non-hydrogen) atoms. The summed E-state index contributed by atoms with van der Waals surface area (Å²) in [6.45, 7) is 12.0. The first-order valence-electron chi connectivity index (χ1n) is 9.19. The lowest BCUT2D eigenvalue weighted by molar-refractivity contribution is 0.0911. The number of nitrogens with two attached hydrogens (primary N) is 1. The smallest absolute Gasteiger partial charge is 0.0117 e. The zero-order chi connectivity index (χ0) is 15.4. The van der Waals surface area contributed by atoms with Gasteiger partial charge in [0.2, 0.25) is 0 Å². The van der Waals surface area contributed by atoms with Crippen molar-refractivity contribution < 1.29 is 0 Å². The topological polar surface area (TPSA) is 32.5 Å². The molecule has 124 valence electrons. The molecule has 1 saturated heterocycles. The number of likely N-dealkylation sites (tertiary alicyclic amines) is 1. The molecule has 3 unspecified atom stereocenters. The summed E-state index contributed by atoms with van der Waals surface area (Å²) in [5.74, 6) is 2.42. The van der Waals surface area contributed by atoms with Gasteiger partial charge in [-0.25, -0.2) is 0 Å². The second kappa shape index (κ2) is 7.94. The van der Waals surface area contributed by atoms with Gasteiger partial charge in [0.25, 0.3) is 0 Å². The van der Waals surface area contributed by atoms with Crippen molar-refractivity contribution in [1.82, 2.24) is 9.80 Å². The highest BCUT2D eigenvalue weighted by Gasteiger charge is 2.32. The molecule has 0 spiro atoms. The highest BCUT2D eigenvalue weighted by atomic mass is 15.2. The van der Waals surface area contributed by atoms with Crippen molar-refractivity contribution in [3.8, 4) is 0 Å². The minimum Gasteiger partial charge on any atom is -0.327 e. The summed E-state index contributed by atoms with van der Waals surface area (Å²) in [7, 11) is 2.33. The van der Waals surface area contributed by atoms with Crippen LogP contribution in [0.25, 0.3) is 0 Å². The summed E-state index contributed by atoms with van der Waals surface area (Å²) in [6.07, 6.45) is 6.58. The second-order valence-corrected chi connectivity index (χ2v) is 7.85. The molecule has 1 heterocycles. The van der Waals surface area contributed by atoms with Crippen molar-refractivity contribution >= 4 is 0 Å². The summed E-state index contributed by atoms with van der Waals surface area (Å²) in [6, 6.07) is 1.21. The molecule has 2 rings (SSSR count). The molecular weight excluding hydrogens is 258 g/mol. The maximum Gasteiger partial charge on any atom is 0.0117 e. The largest absolute Gasteiger partial charge is 0.327 e. The Kier molecular flexibility index (Phi) is 6.51. The zero-order valence-electron chi connectivity index (χ0n) is 14.7. The number of hydrogen-bond acceptors (Lipinski definition) is 3. The van der Waals surface area contributed by atoms with Crippen LogP contribution >= 0.6 is 0 Å². The predicted molar refractivity (Wildman–Crippen MR) is 91.4 cm³/mol. The highest BCUT2D eigenvalue weighted by Crippen LogP contribution is 2.34. The van der Waals surface area contributed by atoms with Crippen LogP contribution in [0.15, 0.2) is 0 Å². The van der Waals surface area contributed by atoms with Gasteiger partial charge in [-0.15, -0.1) is 0 Å². The molecular formula is C18H37N3. The average molecular weight is 296 g/mol. The van der Waals surface area contributed by atoms with E-state index in [4.69, 9.17) is 5.73 Å². The Labute approximate surface area is 132 Å². The molecule has 2 N–H and O–H groups in total. The van der Waals surface area contributed by atoms with E-state index in [0.717, 1.165) is 17.9 Å². The van der Waals surface area contributed by atoms with Gasteiger partial charge in [-0.3, -0.25) is 0 Å². The van der Waals surface area contributed by atoms with Gasteiger partial charge in [0.05, 0.1) is 0 Å². The summed E-state index contributed by atoms with van der Waals surface area (Å²) < 4.78 is 0. The fourth-order valence-electron chi connectivity index (χ4n) is 4.33. The van der Waals surface area contributed by atoms with E-state index in [2.05, 4.69) is 37.6 Å². The average Bonchev–Trinajstić information content (AvgIpc) is 2.49. The Morgan fingerprint density at radius 2 is 1.81 bits per heavy atom. The first-order valence-corrected chi connectivity index (χ1v) is 9.19. The van der Waals surface area contributed by atoms with Gasteiger partial charge in [-0.1, -0.05) is 20.8 Å². The molecule has 1 saturated carbocycles. The molecule has 0 radical (unpaired) electrons. The number of piperidine rings is 1. The van der Waals surface area contributed by atoms with Crippen molar-refractivity contribution in [2.24, 2.45) is 23.5 Å². The number of rotatable bonds is 5. The van der Waals surface area contributed by atoms with Crippen LogP contribution in [0.2, 0.25) is 0 Å². The third-order valence-electron chi connectivity index (χ3n) is 6.17. The molecule has 0 bridgehead atoms. The molecule has 0 amide bonds. The normalized spacial score (nSPS) is 33.0. The molecule has 2 fully saturated rings. The predicted octanol–water partition coefficient (Wildman–Crippen LogP) is 2.80. The van der Waals surface area contributed by atoms with Gasteiger partial charge in [0, 0.05) is 18.6 Å². The van der Waals surface area contributed by atoms with Gasteiger partial charge in [0.1, 0.15) is 0 Å². The molecule has 2 aliphatic rings. The minimum atomic E-state index is 0.429. The lowest BCUT2D eigenvalue weighted by Crippen LogP contribution is -2.48. The third kappa shape index (κ3) is 4.67. The van der Waals surface area contributed by atoms with Crippen molar-refractivity contribution in [2.75, 3.05) is 33.2 Å². The first-order chi connectivity index (χ1) is 10.0. The molecule has 3 atom stereocenters. The molecule has 0 aromatic heterocycles. The van der Waals surface area contributed by atoms with Gasteiger partial charge >= 0.3 is 0 Å². The van der Waals surface area contributed by atoms with Crippen molar-refractivity contribution in [3.63, 3.8) is 0 Å². The van der Waals surface area contributed by atoms with E-state index < -0.39 is 0 Å². The van der Waals surface area contributed by atoms with Gasteiger partial charge in [-0.05, 0) is 76.5 Å². The van der Waals surface area contributed by atoms with Crippen molar-refractivity contribution in [2.45, 2.75) is 65.0 Å². The van der Waals surface area contributed by atoms with Crippen LogP contribution < -0.4 is 5.73 Å². The van der Waals surface area contributed by atoms with E-state index in [9.17, 15) is 0 Å². The molecule has 0 aromatic rings. The van der Waals surface area contributed by atoms with Crippen LogP contribution in [0.5, 0.6) is 0 Å². The maximum absolute atomic E-state index is 6.43. The zero-order valence-corrected chi connectivity index (χ0v) is 14.7. The van der Waals surface area contributed by atoms with Gasteiger partial charge in [0.15, 0.2) is 0 Å². The Morgan fingerprint density at radius 1 is 1.14 bits per heavy atom. The van der Waals surface area contributed by atoms with Gasteiger partial charge in [-0.2, -0.15) is 0 Å². The Bertz CT molecular complexity index is 297. The van der Waals surface area contributed by atoms with Crippen LogP contribution in [0, 0.1) is 17.8 Å². The Morgan fingerprint density at radius 3 is 2.38 bits per heavy atom. The Balaban J connectivity index is 1.82. The number of nitrogens with zero attached hydrogens (tertiary/aromatic N) is 2. The van der Waals surface area contributed by atoms with Crippen LogP contribution in [-0.4, -0.2) is 55.1 Å². The van der Waals surface area contributed by atoms with E-state index in [1.54, 1.807) is 0 Å². The third-order valence-corrected chi connectivity index (χ3v) is 6.17. The quantitative estimate of drug-likeness (QED) is 0.846. The fraction of sp³-hybridized carbons (Fsp3) is 1.00. The van der Waals surface area contributed by atoms with E-state index in [1.165, 1.54) is 58.3 Å². The standard InChI is InChI=1S/C18H37N3/c1-5-21-10-8-17(9-11-21)20(4)13-16-12-15(14(2)3)6-7-18(16)19/h14-18H,5-13,19H2,1-4H3. The monoisotopic (exact) mass is 295 g/mol. The summed E-state index contributed by atoms with van der Waals surface area (Å²) in [5.41, 5.74) is 6.43. The van der Waals surface area contributed by atoms with Crippen LogP contribution in [-0.2, 0) is 0 Å². The minimum absolute atomic E-state index is 0.429. The molecule has 0 aromatic carbocycles. The van der Waals surface area contributed by atoms with Crippen molar-refractivity contribution in [1.29, 1.82) is 0 Å².